The molecule has 84 valence electrons. The zero-order valence-corrected chi connectivity index (χ0v) is 9.49. The van der Waals surface area contributed by atoms with Crippen LogP contribution in [0.2, 0.25) is 5.02 Å². The maximum Gasteiger partial charge on any atom is 0.344 e. The van der Waals surface area contributed by atoms with Crippen molar-refractivity contribution in [2.75, 3.05) is 5.73 Å². The van der Waals surface area contributed by atoms with Crippen LogP contribution in [-0.4, -0.2) is 0 Å². The average molecular weight is 246 g/mol. The summed E-state index contributed by atoms with van der Waals surface area (Å²) in [5.41, 5.74) is 6.50. The molecule has 1 heterocycles. The fourth-order valence-electron chi connectivity index (χ4n) is 1.92. The number of hydrogen-bond acceptors (Lipinski definition) is 3. The van der Waals surface area contributed by atoms with E-state index in [2.05, 4.69) is 0 Å². The maximum atomic E-state index is 11.7. The average Bonchev–Trinajstić information content (AvgIpc) is 2.30. The summed E-state index contributed by atoms with van der Waals surface area (Å²) in [5.74, 6) is 0. The molecule has 0 aliphatic heterocycles. The maximum absolute atomic E-state index is 11.7. The Morgan fingerprint density at radius 2 is 1.82 bits per heavy atom. The quantitative estimate of drug-likeness (QED) is 0.376. The van der Waals surface area contributed by atoms with E-state index in [4.69, 9.17) is 21.8 Å². The van der Waals surface area contributed by atoms with Crippen molar-refractivity contribution in [1.29, 1.82) is 0 Å². The van der Waals surface area contributed by atoms with Crippen molar-refractivity contribution in [2.45, 2.75) is 0 Å². The number of nitrogens with two attached hydrogens (primary N) is 1. The predicted octanol–water partition coefficient (Wildman–Crippen LogP) is 3.18. The lowest BCUT2D eigenvalue weighted by Crippen LogP contribution is -1.99. The Balaban J connectivity index is 2.64. The molecule has 3 rings (SSSR count). The number of anilines is 1. The highest BCUT2D eigenvalue weighted by Crippen LogP contribution is 2.26. The van der Waals surface area contributed by atoms with Gasteiger partial charge in [0.15, 0.2) is 0 Å². The van der Waals surface area contributed by atoms with Gasteiger partial charge in [-0.3, -0.25) is 0 Å². The SMILES string of the molecule is Nc1ccc2oc(=O)c3ccc(Cl)cc3c2c1. The summed E-state index contributed by atoms with van der Waals surface area (Å²) < 4.78 is 5.22. The molecule has 0 bridgehead atoms. The van der Waals surface area contributed by atoms with Gasteiger partial charge in [-0.15, -0.1) is 0 Å². The summed E-state index contributed by atoms with van der Waals surface area (Å²) in [4.78, 5) is 11.7. The standard InChI is InChI=1S/C13H8ClNO2/c14-7-1-3-9-10(5-7)11-6-8(15)2-4-12(11)17-13(9)16/h1-6H,15H2. The molecule has 0 saturated heterocycles. The molecule has 0 radical (unpaired) electrons. The van der Waals surface area contributed by atoms with Crippen molar-refractivity contribution in [3.8, 4) is 0 Å². The molecule has 3 aromatic rings. The van der Waals surface area contributed by atoms with Crippen LogP contribution in [0.15, 0.2) is 45.6 Å². The van der Waals surface area contributed by atoms with Crippen LogP contribution in [0, 0.1) is 0 Å². The smallest absolute Gasteiger partial charge is 0.344 e. The Bertz CT molecular complexity index is 792. The number of nitrogen functional groups attached to an aromatic ring is 1. The van der Waals surface area contributed by atoms with Crippen molar-refractivity contribution in [2.24, 2.45) is 0 Å². The molecule has 0 spiro atoms. The Kier molecular flexibility index (Phi) is 2.09. The van der Waals surface area contributed by atoms with Gasteiger partial charge in [0.25, 0.3) is 0 Å². The molecule has 0 atom stereocenters. The lowest BCUT2D eigenvalue weighted by molar-refractivity contribution is 0.570. The van der Waals surface area contributed by atoms with E-state index in [0.717, 1.165) is 10.8 Å². The molecule has 17 heavy (non-hydrogen) atoms. The topological polar surface area (TPSA) is 56.2 Å². The number of benzene rings is 2. The van der Waals surface area contributed by atoms with Crippen LogP contribution in [0.25, 0.3) is 21.7 Å². The fourth-order valence-corrected chi connectivity index (χ4v) is 2.09. The van der Waals surface area contributed by atoms with Crippen molar-refractivity contribution < 1.29 is 4.42 Å². The molecule has 0 aliphatic carbocycles. The van der Waals surface area contributed by atoms with Crippen molar-refractivity contribution >= 4 is 39.0 Å². The van der Waals surface area contributed by atoms with Crippen LogP contribution < -0.4 is 11.4 Å². The van der Waals surface area contributed by atoms with Crippen LogP contribution in [0.5, 0.6) is 0 Å². The van der Waals surface area contributed by atoms with Crippen LogP contribution in [-0.2, 0) is 0 Å². The van der Waals surface area contributed by atoms with E-state index in [1.165, 1.54) is 0 Å². The summed E-state index contributed by atoms with van der Waals surface area (Å²) in [6, 6.07) is 10.2. The zero-order valence-electron chi connectivity index (χ0n) is 8.74. The highest BCUT2D eigenvalue weighted by molar-refractivity contribution is 6.31. The van der Waals surface area contributed by atoms with Gasteiger partial charge in [-0.2, -0.15) is 0 Å². The third kappa shape index (κ3) is 1.56. The van der Waals surface area contributed by atoms with Crippen molar-refractivity contribution in [1.82, 2.24) is 0 Å². The first kappa shape index (κ1) is 10.2. The molecular weight excluding hydrogens is 238 g/mol. The molecule has 2 N–H and O–H groups in total. The normalized spacial score (nSPS) is 11.1. The van der Waals surface area contributed by atoms with E-state index in [1.54, 1.807) is 36.4 Å². The first-order valence-corrected chi connectivity index (χ1v) is 5.44. The second-order valence-electron chi connectivity index (χ2n) is 3.84. The Labute approximate surface area is 101 Å². The first-order valence-electron chi connectivity index (χ1n) is 5.07. The van der Waals surface area contributed by atoms with Crippen LogP contribution in [0.3, 0.4) is 0 Å². The number of halogens is 1. The largest absolute Gasteiger partial charge is 0.422 e. The Hall–Kier alpha value is -2.00. The van der Waals surface area contributed by atoms with Crippen LogP contribution in [0.4, 0.5) is 5.69 Å². The molecule has 0 unspecified atom stereocenters. The molecule has 2 aromatic carbocycles. The van der Waals surface area contributed by atoms with Crippen molar-refractivity contribution in [3.05, 3.63) is 51.8 Å². The van der Waals surface area contributed by atoms with Gasteiger partial charge in [0.05, 0.1) is 5.39 Å². The number of rotatable bonds is 0. The summed E-state index contributed by atoms with van der Waals surface area (Å²) >= 11 is 5.95. The highest BCUT2D eigenvalue weighted by atomic mass is 35.5. The lowest BCUT2D eigenvalue weighted by Gasteiger charge is -2.03. The summed E-state index contributed by atoms with van der Waals surface area (Å²) in [7, 11) is 0. The zero-order chi connectivity index (χ0) is 12.0. The summed E-state index contributed by atoms with van der Waals surface area (Å²) in [5, 5.41) is 2.64. The fraction of sp³-hybridized carbons (Fsp3) is 0. The van der Waals surface area contributed by atoms with E-state index in [-0.39, 0.29) is 5.63 Å². The Morgan fingerprint density at radius 1 is 1.00 bits per heavy atom. The van der Waals surface area contributed by atoms with Crippen LogP contribution >= 0.6 is 11.6 Å². The van der Waals surface area contributed by atoms with Gasteiger partial charge in [-0.1, -0.05) is 11.6 Å². The first-order chi connectivity index (χ1) is 8.15. The third-order valence-electron chi connectivity index (χ3n) is 2.70. The van der Waals surface area contributed by atoms with Gasteiger partial charge in [-0.05, 0) is 36.4 Å². The lowest BCUT2D eigenvalue weighted by atomic mass is 10.1. The molecular formula is C13H8ClNO2. The molecule has 4 heteroatoms. The number of fused-ring (bicyclic) bond motifs is 3. The van der Waals surface area contributed by atoms with E-state index >= 15 is 0 Å². The van der Waals surface area contributed by atoms with Gasteiger partial charge in [0.1, 0.15) is 5.58 Å². The van der Waals surface area contributed by atoms with Gasteiger partial charge in [0.2, 0.25) is 0 Å². The van der Waals surface area contributed by atoms with E-state index in [0.29, 0.717) is 21.7 Å². The van der Waals surface area contributed by atoms with Gasteiger partial charge in [0, 0.05) is 21.5 Å². The summed E-state index contributed by atoms with van der Waals surface area (Å²) in [6.07, 6.45) is 0. The Morgan fingerprint density at radius 3 is 2.65 bits per heavy atom. The molecule has 0 fully saturated rings. The van der Waals surface area contributed by atoms with Crippen LogP contribution in [0.1, 0.15) is 0 Å². The second-order valence-corrected chi connectivity index (χ2v) is 4.27. The molecule has 0 amide bonds. The second kappa shape index (κ2) is 3.50. The summed E-state index contributed by atoms with van der Waals surface area (Å²) in [6.45, 7) is 0. The molecule has 3 nitrogen and oxygen atoms in total. The molecule has 0 saturated carbocycles. The third-order valence-corrected chi connectivity index (χ3v) is 2.93. The van der Waals surface area contributed by atoms with Crippen molar-refractivity contribution in [3.63, 3.8) is 0 Å². The minimum atomic E-state index is -0.367. The van der Waals surface area contributed by atoms with E-state index in [1.807, 2.05) is 0 Å². The van der Waals surface area contributed by atoms with Gasteiger partial charge in [-0.25, -0.2) is 4.79 Å². The minimum absolute atomic E-state index is 0.367. The molecule has 0 aliphatic rings. The monoisotopic (exact) mass is 245 g/mol. The number of hydrogen-bond donors (Lipinski definition) is 1. The van der Waals surface area contributed by atoms with Gasteiger partial charge >= 0.3 is 5.63 Å². The minimum Gasteiger partial charge on any atom is -0.422 e. The highest BCUT2D eigenvalue weighted by Gasteiger charge is 2.07. The van der Waals surface area contributed by atoms with E-state index < -0.39 is 0 Å². The van der Waals surface area contributed by atoms with E-state index in [9.17, 15) is 4.79 Å². The van der Waals surface area contributed by atoms with Gasteiger partial charge < -0.3 is 10.2 Å². The predicted molar refractivity (Wildman–Crippen MR) is 69.4 cm³/mol. The molecule has 1 aromatic heterocycles.